The highest BCUT2D eigenvalue weighted by Crippen LogP contribution is 2.38. The normalized spacial score (nSPS) is 11.8. The fourth-order valence-electron chi connectivity index (χ4n) is 5.82. The maximum Gasteiger partial charge on any atom is 0.116 e. The van der Waals surface area contributed by atoms with Crippen LogP contribution in [-0.4, -0.2) is 14.5 Å². The number of benzene rings is 6. The van der Waals surface area contributed by atoms with E-state index < -0.39 is 0 Å². The number of hydrogen-bond acceptors (Lipinski definition) is 2. The minimum atomic E-state index is 0.948. The largest absolute Gasteiger partial charge is 0.309 e. The first-order valence-electron chi connectivity index (χ1n) is 12.5. The molecule has 0 bridgehead atoms. The Morgan fingerprint density at radius 2 is 1.08 bits per heavy atom. The van der Waals surface area contributed by atoms with Gasteiger partial charge in [-0.15, -0.1) is 0 Å². The highest BCUT2D eigenvalue weighted by atomic mass is 15.0. The molecule has 3 nitrogen and oxygen atoms in total. The van der Waals surface area contributed by atoms with Gasteiger partial charge in [-0.25, -0.2) is 9.97 Å². The van der Waals surface area contributed by atoms with Gasteiger partial charge in [0.05, 0.1) is 27.9 Å². The van der Waals surface area contributed by atoms with Crippen molar-refractivity contribution in [2.24, 2.45) is 0 Å². The number of aromatic nitrogens is 3. The van der Waals surface area contributed by atoms with E-state index in [0.29, 0.717) is 0 Å². The molecule has 0 radical (unpaired) electrons. The van der Waals surface area contributed by atoms with E-state index in [2.05, 4.69) is 126 Å². The Morgan fingerprint density at radius 3 is 1.84 bits per heavy atom. The summed E-state index contributed by atoms with van der Waals surface area (Å²) in [6.07, 6.45) is 1.69. The summed E-state index contributed by atoms with van der Waals surface area (Å²) in [6, 6.07) is 43.2. The van der Waals surface area contributed by atoms with Crippen molar-refractivity contribution in [2.75, 3.05) is 0 Å². The number of rotatable bonds is 2. The lowest BCUT2D eigenvalue weighted by molar-refractivity contribution is 1.19. The second-order valence-corrected chi connectivity index (χ2v) is 9.49. The molecule has 0 amide bonds. The van der Waals surface area contributed by atoms with Crippen LogP contribution in [0.5, 0.6) is 0 Å². The van der Waals surface area contributed by atoms with E-state index in [1.54, 1.807) is 6.33 Å². The molecule has 0 saturated heterocycles. The Kier molecular flexibility index (Phi) is 4.23. The van der Waals surface area contributed by atoms with Gasteiger partial charge in [0.15, 0.2) is 0 Å². The Balaban J connectivity index is 1.49. The summed E-state index contributed by atoms with van der Waals surface area (Å²) in [6.45, 7) is 0. The highest BCUT2D eigenvalue weighted by Gasteiger charge is 2.17. The number of fused-ring (bicyclic) bond motifs is 7. The lowest BCUT2D eigenvalue weighted by Crippen LogP contribution is -1.97. The van der Waals surface area contributed by atoms with Gasteiger partial charge in [-0.2, -0.15) is 0 Å². The van der Waals surface area contributed by atoms with Gasteiger partial charge in [-0.05, 0) is 41.1 Å². The first-order chi connectivity index (χ1) is 18.4. The van der Waals surface area contributed by atoms with Gasteiger partial charge in [-0.3, -0.25) is 0 Å². The fraction of sp³-hybridized carbons (Fsp3) is 0. The molecule has 0 atom stereocenters. The van der Waals surface area contributed by atoms with E-state index >= 15 is 0 Å². The SMILES string of the molecule is c1ccc2c(-n3c4ccccc4c4ccccc43)cc(-c3ncnc4c3ccc3ccccc34)cc2c1. The third kappa shape index (κ3) is 2.95. The number of hydrogen-bond donors (Lipinski definition) is 0. The van der Waals surface area contributed by atoms with Crippen LogP contribution in [0.3, 0.4) is 0 Å². The predicted octanol–water partition coefficient (Wildman–Crippen LogP) is 8.70. The van der Waals surface area contributed by atoms with Crippen molar-refractivity contribution >= 4 is 54.3 Å². The van der Waals surface area contributed by atoms with Gasteiger partial charge in [0, 0.05) is 32.5 Å². The quantitative estimate of drug-likeness (QED) is 0.236. The monoisotopic (exact) mass is 471 g/mol. The summed E-state index contributed by atoms with van der Waals surface area (Å²) in [5.41, 5.74) is 6.56. The van der Waals surface area contributed by atoms with E-state index in [1.165, 1.54) is 38.0 Å². The first kappa shape index (κ1) is 20.2. The van der Waals surface area contributed by atoms with Crippen LogP contribution in [0.25, 0.3) is 71.2 Å². The van der Waals surface area contributed by atoms with Crippen LogP contribution < -0.4 is 0 Å². The molecule has 0 aliphatic rings. The number of para-hydroxylation sites is 2. The first-order valence-corrected chi connectivity index (χ1v) is 12.5. The van der Waals surface area contributed by atoms with Crippen LogP contribution in [-0.2, 0) is 0 Å². The third-order valence-electron chi connectivity index (χ3n) is 7.46. The van der Waals surface area contributed by atoms with Crippen LogP contribution in [0.1, 0.15) is 0 Å². The van der Waals surface area contributed by atoms with Gasteiger partial charge in [0.25, 0.3) is 0 Å². The molecule has 172 valence electrons. The summed E-state index contributed by atoms with van der Waals surface area (Å²) in [4.78, 5) is 9.51. The molecular formula is C34H21N3. The predicted molar refractivity (Wildman–Crippen MR) is 154 cm³/mol. The van der Waals surface area contributed by atoms with E-state index in [1.807, 2.05) is 0 Å². The lowest BCUT2D eigenvalue weighted by atomic mass is 9.98. The van der Waals surface area contributed by atoms with Crippen LogP contribution >= 0.6 is 0 Å². The second-order valence-electron chi connectivity index (χ2n) is 9.49. The maximum absolute atomic E-state index is 4.82. The van der Waals surface area contributed by atoms with Crippen molar-refractivity contribution in [3.8, 4) is 16.9 Å². The summed E-state index contributed by atoms with van der Waals surface area (Å²) in [5, 5.41) is 8.30. The molecule has 37 heavy (non-hydrogen) atoms. The van der Waals surface area contributed by atoms with Crippen LogP contribution in [0, 0.1) is 0 Å². The maximum atomic E-state index is 4.82. The average molecular weight is 472 g/mol. The van der Waals surface area contributed by atoms with Gasteiger partial charge in [0.1, 0.15) is 6.33 Å². The Labute approximate surface area is 213 Å². The van der Waals surface area contributed by atoms with Gasteiger partial charge < -0.3 is 4.57 Å². The molecule has 0 unspecified atom stereocenters. The van der Waals surface area contributed by atoms with Crippen molar-refractivity contribution in [1.29, 1.82) is 0 Å². The molecule has 6 aromatic carbocycles. The summed E-state index contributed by atoms with van der Waals surface area (Å²) >= 11 is 0. The van der Waals surface area contributed by atoms with Crippen LogP contribution in [0.15, 0.2) is 128 Å². The molecule has 3 heteroatoms. The summed E-state index contributed by atoms with van der Waals surface area (Å²) in [5.74, 6) is 0. The average Bonchev–Trinajstić information content (AvgIpc) is 3.30. The minimum absolute atomic E-state index is 0.948. The van der Waals surface area contributed by atoms with Crippen LogP contribution in [0.2, 0.25) is 0 Å². The van der Waals surface area contributed by atoms with E-state index in [9.17, 15) is 0 Å². The van der Waals surface area contributed by atoms with Gasteiger partial charge in [0.2, 0.25) is 0 Å². The molecule has 2 heterocycles. The third-order valence-corrected chi connectivity index (χ3v) is 7.46. The van der Waals surface area contributed by atoms with Crippen molar-refractivity contribution in [2.45, 2.75) is 0 Å². The Bertz CT molecular complexity index is 2100. The molecule has 2 aromatic heterocycles. The topological polar surface area (TPSA) is 30.7 Å². The van der Waals surface area contributed by atoms with Crippen molar-refractivity contribution in [3.63, 3.8) is 0 Å². The molecule has 0 aliphatic carbocycles. The van der Waals surface area contributed by atoms with Gasteiger partial charge >= 0.3 is 0 Å². The van der Waals surface area contributed by atoms with E-state index in [0.717, 1.165) is 33.2 Å². The molecule has 0 fully saturated rings. The fourth-order valence-corrected chi connectivity index (χ4v) is 5.82. The van der Waals surface area contributed by atoms with Crippen molar-refractivity contribution in [1.82, 2.24) is 14.5 Å². The molecule has 0 N–H and O–H groups in total. The number of nitrogens with zero attached hydrogens (tertiary/aromatic N) is 3. The zero-order valence-corrected chi connectivity index (χ0v) is 20.0. The molecule has 8 aromatic rings. The second kappa shape index (κ2) is 7.74. The highest BCUT2D eigenvalue weighted by molar-refractivity contribution is 6.12. The minimum Gasteiger partial charge on any atom is -0.309 e. The Hall–Kier alpha value is -5.02. The summed E-state index contributed by atoms with van der Waals surface area (Å²) in [7, 11) is 0. The molecule has 0 spiro atoms. The smallest absolute Gasteiger partial charge is 0.116 e. The van der Waals surface area contributed by atoms with E-state index in [4.69, 9.17) is 9.97 Å². The standard InChI is InChI=1S/C34H21N3/c1-4-12-26-22(9-1)17-18-29-33(35-21-36-34(26)29)24-19-23-10-2-3-11-25(23)32(20-24)37-30-15-7-5-13-27(30)28-14-6-8-16-31(28)37/h1-21H. The van der Waals surface area contributed by atoms with Crippen molar-refractivity contribution in [3.05, 3.63) is 128 Å². The summed E-state index contributed by atoms with van der Waals surface area (Å²) < 4.78 is 2.40. The van der Waals surface area contributed by atoms with E-state index in [-0.39, 0.29) is 0 Å². The molecule has 8 rings (SSSR count). The van der Waals surface area contributed by atoms with Crippen molar-refractivity contribution < 1.29 is 0 Å². The lowest BCUT2D eigenvalue weighted by Gasteiger charge is -2.15. The zero-order chi connectivity index (χ0) is 24.3. The molecular weight excluding hydrogens is 450 g/mol. The molecule has 0 aliphatic heterocycles. The molecule has 0 saturated carbocycles. The van der Waals surface area contributed by atoms with Gasteiger partial charge in [-0.1, -0.05) is 91.0 Å². The Morgan fingerprint density at radius 1 is 0.459 bits per heavy atom. The zero-order valence-electron chi connectivity index (χ0n) is 20.0. The van der Waals surface area contributed by atoms with Crippen LogP contribution in [0.4, 0.5) is 0 Å².